The molecule has 132 valence electrons. The Bertz CT molecular complexity index is 612. The van der Waals surface area contributed by atoms with Gasteiger partial charge in [-0.1, -0.05) is 38.1 Å². The summed E-state index contributed by atoms with van der Waals surface area (Å²) < 4.78 is 0. The Kier molecular flexibility index (Phi) is 5.65. The molecule has 2 N–H and O–H groups in total. The maximum absolute atomic E-state index is 12.7. The molecule has 2 rings (SSSR count). The number of hydrogen-bond donors (Lipinski definition) is 2. The van der Waals surface area contributed by atoms with Gasteiger partial charge >= 0.3 is 0 Å². The fourth-order valence-corrected chi connectivity index (χ4v) is 3.22. The molecule has 0 unspecified atom stereocenters. The number of nitrogens with one attached hydrogen (secondary N) is 1. The molecule has 5 nitrogen and oxygen atoms in total. The van der Waals surface area contributed by atoms with Crippen LogP contribution in [0, 0.1) is 18.3 Å². The lowest BCUT2D eigenvalue weighted by atomic mass is 9.89. The number of benzene rings is 1. The van der Waals surface area contributed by atoms with Crippen LogP contribution in [0.15, 0.2) is 24.3 Å². The number of aryl methyl sites for hydroxylation is 1. The van der Waals surface area contributed by atoms with Crippen molar-refractivity contribution in [1.29, 1.82) is 0 Å². The van der Waals surface area contributed by atoms with Crippen molar-refractivity contribution in [2.45, 2.75) is 40.2 Å². The molecule has 0 saturated carbocycles. The van der Waals surface area contributed by atoms with E-state index < -0.39 is 5.92 Å². The van der Waals surface area contributed by atoms with E-state index in [0.717, 1.165) is 11.1 Å². The van der Waals surface area contributed by atoms with Crippen LogP contribution in [0.3, 0.4) is 0 Å². The van der Waals surface area contributed by atoms with Gasteiger partial charge in [0, 0.05) is 31.5 Å². The van der Waals surface area contributed by atoms with Gasteiger partial charge < -0.3 is 15.3 Å². The number of nitrogens with zero attached hydrogens (tertiary/aromatic N) is 1. The standard InChI is InChI=1S/C19H28N2O3/c1-5-21-16(23)10-15(18(24)20-11-19(3,4)12-22)17(21)14-9-7-6-8-13(14)2/h6-9,15,17,22H,5,10-12H2,1-4H3,(H,20,24)/t15-,17+/m1/s1. The molecule has 0 spiro atoms. The molecule has 2 atom stereocenters. The summed E-state index contributed by atoms with van der Waals surface area (Å²) in [6, 6.07) is 7.70. The van der Waals surface area contributed by atoms with Crippen LogP contribution in [0.2, 0.25) is 0 Å². The number of hydrogen-bond acceptors (Lipinski definition) is 3. The lowest BCUT2D eigenvalue weighted by Crippen LogP contribution is -2.41. The summed E-state index contributed by atoms with van der Waals surface area (Å²) in [6.45, 7) is 8.71. The van der Waals surface area contributed by atoms with Gasteiger partial charge in [-0.3, -0.25) is 9.59 Å². The van der Waals surface area contributed by atoms with Gasteiger partial charge in [-0.05, 0) is 25.0 Å². The van der Waals surface area contributed by atoms with Gasteiger partial charge in [0.05, 0.1) is 12.0 Å². The molecule has 1 aromatic carbocycles. The smallest absolute Gasteiger partial charge is 0.226 e. The van der Waals surface area contributed by atoms with Crippen molar-refractivity contribution in [1.82, 2.24) is 10.2 Å². The normalized spacial score (nSPS) is 21.2. The van der Waals surface area contributed by atoms with Crippen LogP contribution in [0.25, 0.3) is 0 Å². The molecule has 0 aromatic heterocycles. The Morgan fingerprint density at radius 3 is 2.62 bits per heavy atom. The first-order chi connectivity index (χ1) is 11.3. The fourth-order valence-electron chi connectivity index (χ4n) is 3.22. The van der Waals surface area contributed by atoms with Gasteiger partial charge in [-0.2, -0.15) is 0 Å². The quantitative estimate of drug-likeness (QED) is 0.837. The van der Waals surface area contributed by atoms with E-state index in [2.05, 4.69) is 5.32 Å². The first-order valence-electron chi connectivity index (χ1n) is 8.54. The first kappa shape index (κ1) is 18.5. The van der Waals surface area contributed by atoms with Gasteiger partial charge in [0.2, 0.25) is 11.8 Å². The van der Waals surface area contributed by atoms with Gasteiger partial charge in [0.25, 0.3) is 0 Å². The van der Waals surface area contributed by atoms with E-state index in [0.29, 0.717) is 13.1 Å². The summed E-state index contributed by atoms with van der Waals surface area (Å²) in [7, 11) is 0. The number of carbonyl (C=O) groups is 2. The van der Waals surface area contributed by atoms with Crippen LogP contribution >= 0.6 is 0 Å². The van der Waals surface area contributed by atoms with E-state index in [1.165, 1.54) is 0 Å². The van der Waals surface area contributed by atoms with E-state index in [4.69, 9.17) is 0 Å². The molecule has 0 bridgehead atoms. The number of likely N-dealkylation sites (tertiary alicyclic amines) is 1. The monoisotopic (exact) mass is 332 g/mol. The Morgan fingerprint density at radius 1 is 1.38 bits per heavy atom. The van der Waals surface area contributed by atoms with Crippen LogP contribution in [0.5, 0.6) is 0 Å². The van der Waals surface area contributed by atoms with Crippen molar-refractivity contribution in [2.24, 2.45) is 11.3 Å². The molecule has 1 aliphatic heterocycles. The average molecular weight is 332 g/mol. The zero-order valence-corrected chi connectivity index (χ0v) is 15.0. The molecule has 2 amide bonds. The molecule has 1 aromatic rings. The number of amides is 2. The Labute approximate surface area is 144 Å². The highest BCUT2D eigenvalue weighted by Crippen LogP contribution is 2.39. The molecular formula is C19H28N2O3. The Morgan fingerprint density at radius 2 is 2.04 bits per heavy atom. The van der Waals surface area contributed by atoms with Crippen molar-refractivity contribution in [3.05, 3.63) is 35.4 Å². The zero-order chi connectivity index (χ0) is 17.9. The maximum Gasteiger partial charge on any atom is 0.226 e. The van der Waals surface area contributed by atoms with Gasteiger partial charge in [0.15, 0.2) is 0 Å². The minimum Gasteiger partial charge on any atom is -0.396 e. The second kappa shape index (κ2) is 7.34. The predicted molar refractivity (Wildman–Crippen MR) is 93.3 cm³/mol. The van der Waals surface area contributed by atoms with Crippen LogP contribution < -0.4 is 5.32 Å². The molecule has 0 radical (unpaired) electrons. The highest BCUT2D eigenvalue weighted by molar-refractivity contribution is 5.90. The summed E-state index contributed by atoms with van der Waals surface area (Å²) >= 11 is 0. The lowest BCUT2D eigenvalue weighted by molar-refractivity contribution is -0.129. The van der Waals surface area contributed by atoms with Gasteiger partial charge in [0.1, 0.15) is 0 Å². The Balaban J connectivity index is 2.25. The van der Waals surface area contributed by atoms with Crippen LogP contribution in [0.4, 0.5) is 0 Å². The van der Waals surface area contributed by atoms with E-state index in [1.54, 1.807) is 4.90 Å². The van der Waals surface area contributed by atoms with Crippen molar-refractivity contribution in [2.75, 3.05) is 19.7 Å². The molecule has 5 heteroatoms. The van der Waals surface area contributed by atoms with E-state index in [1.807, 2.05) is 52.0 Å². The van der Waals surface area contributed by atoms with Gasteiger partial charge in [-0.15, -0.1) is 0 Å². The molecule has 0 aliphatic carbocycles. The number of rotatable bonds is 6. The molecule has 24 heavy (non-hydrogen) atoms. The second-order valence-electron chi connectivity index (χ2n) is 7.33. The van der Waals surface area contributed by atoms with Crippen LogP contribution in [-0.4, -0.2) is 41.5 Å². The highest BCUT2D eigenvalue weighted by Gasteiger charge is 2.44. The summed E-state index contributed by atoms with van der Waals surface area (Å²) in [5.41, 5.74) is 1.75. The SMILES string of the molecule is CCN1C(=O)C[C@@H](C(=O)NCC(C)(C)CO)[C@@H]1c1ccccc1C. The highest BCUT2D eigenvalue weighted by atomic mass is 16.3. The minimum absolute atomic E-state index is 0.000809. The molecular weight excluding hydrogens is 304 g/mol. The zero-order valence-electron chi connectivity index (χ0n) is 15.0. The Hall–Kier alpha value is -1.88. The molecule has 1 saturated heterocycles. The third-order valence-electron chi connectivity index (χ3n) is 4.79. The summed E-state index contributed by atoms with van der Waals surface area (Å²) in [5, 5.41) is 12.3. The average Bonchev–Trinajstić information content (AvgIpc) is 2.89. The topological polar surface area (TPSA) is 69.6 Å². The third-order valence-corrected chi connectivity index (χ3v) is 4.79. The van der Waals surface area contributed by atoms with Crippen molar-refractivity contribution >= 4 is 11.8 Å². The van der Waals surface area contributed by atoms with Gasteiger partial charge in [-0.25, -0.2) is 0 Å². The first-order valence-corrected chi connectivity index (χ1v) is 8.54. The summed E-state index contributed by atoms with van der Waals surface area (Å²) in [6.07, 6.45) is 0.234. The third kappa shape index (κ3) is 3.78. The van der Waals surface area contributed by atoms with E-state index >= 15 is 0 Å². The predicted octanol–water partition coefficient (Wildman–Crippen LogP) is 2.04. The second-order valence-corrected chi connectivity index (χ2v) is 7.33. The number of aliphatic hydroxyl groups is 1. The minimum atomic E-state index is -0.395. The van der Waals surface area contributed by atoms with Crippen LogP contribution in [-0.2, 0) is 9.59 Å². The van der Waals surface area contributed by atoms with Crippen molar-refractivity contribution in [3.63, 3.8) is 0 Å². The number of aliphatic hydroxyl groups excluding tert-OH is 1. The largest absolute Gasteiger partial charge is 0.396 e. The summed E-state index contributed by atoms with van der Waals surface area (Å²) in [4.78, 5) is 26.9. The van der Waals surface area contributed by atoms with Crippen molar-refractivity contribution < 1.29 is 14.7 Å². The fraction of sp³-hybridized carbons (Fsp3) is 0.579. The molecule has 1 aliphatic rings. The molecule has 1 fully saturated rings. The lowest BCUT2D eigenvalue weighted by Gasteiger charge is -2.29. The maximum atomic E-state index is 12.7. The van der Waals surface area contributed by atoms with Crippen LogP contribution in [0.1, 0.15) is 44.4 Å². The van der Waals surface area contributed by atoms with E-state index in [-0.39, 0.29) is 36.3 Å². The summed E-state index contributed by atoms with van der Waals surface area (Å²) in [5.74, 6) is -0.491. The van der Waals surface area contributed by atoms with E-state index in [9.17, 15) is 14.7 Å². The number of carbonyl (C=O) groups excluding carboxylic acids is 2. The molecule has 1 heterocycles. The van der Waals surface area contributed by atoms with Crippen molar-refractivity contribution in [3.8, 4) is 0 Å².